The van der Waals surface area contributed by atoms with E-state index < -0.39 is 0 Å². The molecule has 0 spiro atoms. The minimum atomic E-state index is 1.17. The van der Waals surface area contributed by atoms with E-state index in [4.69, 9.17) is 0 Å². The molecule has 0 saturated heterocycles. The zero-order chi connectivity index (χ0) is 21.8. The normalized spacial score (nSPS) is 11.6. The number of nitrogens with zero attached hydrogens (tertiary/aromatic N) is 1. The summed E-state index contributed by atoms with van der Waals surface area (Å²) >= 11 is 3.76. The van der Waals surface area contributed by atoms with Crippen molar-refractivity contribution in [3.05, 3.63) is 115 Å². The van der Waals surface area contributed by atoms with Crippen LogP contribution in [0, 0.1) is 0 Å². The molecule has 3 heteroatoms. The second-order valence-corrected chi connectivity index (χ2v) is 10.3. The summed E-state index contributed by atoms with van der Waals surface area (Å²) in [5.74, 6) is 0. The highest BCUT2D eigenvalue weighted by Crippen LogP contribution is 2.48. The number of rotatable bonds is 3. The Morgan fingerprint density at radius 2 is 0.848 bits per heavy atom. The van der Waals surface area contributed by atoms with Crippen LogP contribution in [0.1, 0.15) is 0 Å². The fraction of sp³-hybridized carbons (Fsp3) is 0. The monoisotopic (exact) mass is 457 g/mol. The van der Waals surface area contributed by atoms with Crippen molar-refractivity contribution in [3.8, 4) is 0 Å². The Bertz CT molecular complexity index is 1660. The van der Waals surface area contributed by atoms with E-state index in [1.54, 1.807) is 0 Å². The second kappa shape index (κ2) is 7.45. The van der Waals surface area contributed by atoms with Gasteiger partial charge in [0.25, 0.3) is 0 Å². The van der Waals surface area contributed by atoms with Crippen LogP contribution in [0.25, 0.3) is 40.3 Å². The molecule has 7 rings (SSSR count). The second-order valence-electron chi connectivity index (χ2n) is 8.18. The Morgan fingerprint density at radius 1 is 0.394 bits per heavy atom. The van der Waals surface area contributed by atoms with E-state index in [2.05, 4.69) is 120 Å². The summed E-state index contributed by atoms with van der Waals surface area (Å²) in [6, 6.07) is 41.6. The zero-order valence-electron chi connectivity index (χ0n) is 17.7. The van der Waals surface area contributed by atoms with Crippen molar-refractivity contribution in [2.45, 2.75) is 0 Å². The van der Waals surface area contributed by atoms with E-state index in [1.807, 2.05) is 22.7 Å². The summed E-state index contributed by atoms with van der Waals surface area (Å²) in [7, 11) is 0. The van der Waals surface area contributed by atoms with Crippen LogP contribution < -0.4 is 4.90 Å². The molecule has 1 nitrogen and oxygen atoms in total. The summed E-state index contributed by atoms with van der Waals surface area (Å²) in [6.45, 7) is 0. The Kier molecular flexibility index (Phi) is 4.26. The van der Waals surface area contributed by atoms with Crippen LogP contribution in [-0.2, 0) is 0 Å². The molecule has 0 aliphatic rings. The SMILES string of the molecule is c1ccc(N(c2cccc3c2sc2ccccc23)c2cccc3c2sc2ccccc23)cc1. The zero-order valence-corrected chi connectivity index (χ0v) is 19.4. The molecule has 0 bridgehead atoms. The molecule has 0 radical (unpaired) electrons. The molecule has 2 heterocycles. The lowest BCUT2D eigenvalue weighted by Gasteiger charge is -2.26. The molecule has 0 aliphatic heterocycles. The van der Waals surface area contributed by atoms with Crippen molar-refractivity contribution in [1.29, 1.82) is 0 Å². The maximum absolute atomic E-state index is 2.44. The van der Waals surface area contributed by atoms with Crippen molar-refractivity contribution in [2.24, 2.45) is 0 Å². The number of benzene rings is 5. The van der Waals surface area contributed by atoms with Gasteiger partial charge < -0.3 is 4.90 Å². The molecule has 0 N–H and O–H groups in total. The van der Waals surface area contributed by atoms with Crippen LogP contribution >= 0.6 is 22.7 Å². The summed E-state index contributed by atoms with van der Waals surface area (Å²) < 4.78 is 5.29. The average molecular weight is 458 g/mol. The molecule has 0 fully saturated rings. The molecule has 0 unspecified atom stereocenters. The van der Waals surface area contributed by atoms with E-state index in [0.29, 0.717) is 0 Å². The van der Waals surface area contributed by atoms with E-state index in [9.17, 15) is 0 Å². The van der Waals surface area contributed by atoms with E-state index in [-0.39, 0.29) is 0 Å². The van der Waals surface area contributed by atoms with Gasteiger partial charge in [-0.2, -0.15) is 0 Å². The highest BCUT2D eigenvalue weighted by atomic mass is 32.1. The largest absolute Gasteiger partial charge is 0.308 e. The van der Waals surface area contributed by atoms with Crippen molar-refractivity contribution < 1.29 is 0 Å². The molecule has 0 atom stereocenters. The first-order chi connectivity index (χ1) is 16.4. The fourth-order valence-electron chi connectivity index (χ4n) is 4.80. The third kappa shape index (κ3) is 2.90. The number of hydrogen-bond donors (Lipinski definition) is 0. The van der Waals surface area contributed by atoms with Gasteiger partial charge in [0, 0.05) is 36.6 Å². The van der Waals surface area contributed by atoms with Crippen molar-refractivity contribution in [3.63, 3.8) is 0 Å². The third-order valence-corrected chi connectivity index (χ3v) is 8.68. The van der Waals surface area contributed by atoms with Crippen molar-refractivity contribution in [1.82, 2.24) is 0 Å². The lowest BCUT2D eigenvalue weighted by molar-refractivity contribution is 1.32. The summed E-state index contributed by atoms with van der Waals surface area (Å²) in [5, 5.41) is 5.29. The molecule has 0 amide bonds. The van der Waals surface area contributed by atoms with Gasteiger partial charge in [-0.15, -0.1) is 22.7 Å². The number of anilines is 3. The molecule has 33 heavy (non-hydrogen) atoms. The first kappa shape index (κ1) is 18.9. The molecule has 7 aromatic rings. The first-order valence-electron chi connectivity index (χ1n) is 11.0. The topological polar surface area (TPSA) is 3.24 Å². The Balaban J connectivity index is 1.58. The van der Waals surface area contributed by atoms with Crippen LogP contribution in [0.3, 0.4) is 0 Å². The van der Waals surface area contributed by atoms with Crippen LogP contribution in [0.2, 0.25) is 0 Å². The van der Waals surface area contributed by atoms with Gasteiger partial charge in [-0.25, -0.2) is 0 Å². The van der Waals surface area contributed by atoms with E-state index in [1.165, 1.54) is 57.4 Å². The minimum Gasteiger partial charge on any atom is -0.308 e. The Hall–Kier alpha value is -3.66. The molecule has 0 aliphatic carbocycles. The highest BCUT2D eigenvalue weighted by Gasteiger charge is 2.20. The van der Waals surface area contributed by atoms with Gasteiger partial charge in [-0.3, -0.25) is 0 Å². The summed E-state index contributed by atoms with van der Waals surface area (Å²) in [4.78, 5) is 2.44. The van der Waals surface area contributed by atoms with E-state index >= 15 is 0 Å². The van der Waals surface area contributed by atoms with Crippen molar-refractivity contribution >= 4 is 80.1 Å². The van der Waals surface area contributed by atoms with Gasteiger partial charge in [0.1, 0.15) is 0 Å². The third-order valence-electron chi connectivity index (χ3n) is 6.26. The minimum absolute atomic E-state index is 1.17. The Morgan fingerprint density at radius 3 is 1.39 bits per heavy atom. The molecule has 2 aromatic heterocycles. The number of fused-ring (bicyclic) bond motifs is 6. The number of para-hydroxylation sites is 1. The smallest absolute Gasteiger partial charge is 0.0640 e. The molecular formula is C30H19NS2. The highest BCUT2D eigenvalue weighted by molar-refractivity contribution is 7.27. The van der Waals surface area contributed by atoms with Crippen LogP contribution in [-0.4, -0.2) is 0 Å². The Labute approximate surface area is 199 Å². The van der Waals surface area contributed by atoms with Gasteiger partial charge >= 0.3 is 0 Å². The summed E-state index contributed by atoms with van der Waals surface area (Å²) in [5.41, 5.74) is 3.63. The predicted octanol–water partition coefficient (Wildman–Crippen LogP) is 9.89. The molecular weight excluding hydrogens is 438 g/mol. The van der Waals surface area contributed by atoms with Crippen LogP contribution in [0.5, 0.6) is 0 Å². The standard InChI is InChI=1S/C30H19NS2/c1-2-10-20(11-3-1)31(25-16-8-14-23-21-12-4-6-18-27(21)32-29(23)25)26-17-9-15-24-22-13-5-7-19-28(22)33-30(24)26/h1-19H. The quantitative estimate of drug-likeness (QED) is 0.255. The lowest BCUT2D eigenvalue weighted by atomic mass is 10.1. The van der Waals surface area contributed by atoms with Gasteiger partial charge in [0.15, 0.2) is 0 Å². The van der Waals surface area contributed by atoms with Gasteiger partial charge in [-0.05, 0) is 36.4 Å². The maximum Gasteiger partial charge on any atom is 0.0640 e. The molecule has 156 valence electrons. The van der Waals surface area contributed by atoms with Crippen LogP contribution in [0.4, 0.5) is 17.1 Å². The van der Waals surface area contributed by atoms with E-state index in [0.717, 1.165) is 0 Å². The fourth-order valence-corrected chi connectivity index (χ4v) is 7.21. The summed E-state index contributed by atoms with van der Waals surface area (Å²) in [6.07, 6.45) is 0. The average Bonchev–Trinajstić information content (AvgIpc) is 3.44. The number of thiophene rings is 2. The molecule has 5 aromatic carbocycles. The molecule has 0 saturated carbocycles. The number of hydrogen-bond acceptors (Lipinski definition) is 3. The predicted molar refractivity (Wildman–Crippen MR) is 147 cm³/mol. The lowest BCUT2D eigenvalue weighted by Crippen LogP contribution is -2.10. The van der Waals surface area contributed by atoms with Gasteiger partial charge in [0.2, 0.25) is 0 Å². The maximum atomic E-state index is 2.44. The van der Waals surface area contributed by atoms with Gasteiger partial charge in [0.05, 0.1) is 20.8 Å². The van der Waals surface area contributed by atoms with Crippen molar-refractivity contribution in [2.75, 3.05) is 4.90 Å². The van der Waals surface area contributed by atoms with Crippen LogP contribution in [0.15, 0.2) is 115 Å². The first-order valence-corrected chi connectivity index (χ1v) is 12.7. The van der Waals surface area contributed by atoms with Gasteiger partial charge in [-0.1, -0.05) is 78.9 Å².